The van der Waals surface area contributed by atoms with Gasteiger partial charge in [-0.15, -0.1) is 0 Å². The number of nitrogens with one attached hydrogen (secondary N) is 1. The molecule has 3 rings (SSSR count). The molecule has 156 valence electrons. The van der Waals surface area contributed by atoms with E-state index in [0.29, 0.717) is 28.8 Å². The molecule has 3 aromatic rings. The van der Waals surface area contributed by atoms with Gasteiger partial charge in [-0.25, -0.2) is 4.68 Å². The Morgan fingerprint density at radius 3 is 2.47 bits per heavy atom. The summed E-state index contributed by atoms with van der Waals surface area (Å²) >= 11 is 5.91. The van der Waals surface area contributed by atoms with Gasteiger partial charge in [0.25, 0.3) is 5.56 Å². The Morgan fingerprint density at radius 2 is 1.77 bits per heavy atom. The number of amides is 1. The second kappa shape index (κ2) is 9.93. The molecular weight excluding hydrogens is 406 g/mol. The topological polar surface area (TPSA) is 82.5 Å². The minimum atomic E-state index is -0.264. The van der Waals surface area contributed by atoms with E-state index in [9.17, 15) is 9.59 Å². The minimum Gasteiger partial charge on any atom is -0.493 e. The van der Waals surface area contributed by atoms with Crippen molar-refractivity contribution in [1.29, 1.82) is 0 Å². The van der Waals surface area contributed by atoms with Crippen LogP contribution in [0.3, 0.4) is 0 Å². The van der Waals surface area contributed by atoms with Crippen molar-refractivity contribution in [3.8, 4) is 22.8 Å². The summed E-state index contributed by atoms with van der Waals surface area (Å²) in [5.41, 5.74) is 2.09. The average Bonchev–Trinajstić information content (AvgIpc) is 2.77. The standard InChI is InChI=1S/C22H22ClN3O4/c1-29-19-9-3-15(13-20(19)30-2)14-24-21(27)11-12-26-22(28)10-8-18(25-26)16-4-6-17(23)7-5-16/h3-10,13H,11-12,14H2,1-2H3,(H,24,27). The maximum Gasteiger partial charge on any atom is 0.266 e. The van der Waals surface area contributed by atoms with Gasteiger partial charge in [-0.3, -0.25) is 9.59 Å². The van der Waals surface area contributed by atoms with Crippen LogP contribution in [0.2, 0.25) is 5.02 Å². The lowest BCUT2D eigenvalue weighted by molar-refractivity contribution is -0.121. The van der Waals surface area contributed by atoms with Crippen molar-refractivity contribution in [2.75, 3.05) is 14.2 Å². The first-order valence-corrected chi connectivity index (χ1v) is 9.69. The van der Waals surface area contributed by atoms with Crippen molar-refractivity contribution in [2.45, 2.75) is 19.5 Å². The zero-order valence-electron chi connectivity index (χ0n) is 16.7. The number of hydrogen-bond acceptors (Lipinski definition) is 5. The molecule has 0 saturated carbocycles. The highest BCUT2D eigenvalue weighted by molar-refractivity contribution is 6.30. The molecule has 2 aromatic carbocycles. The Bertz CT molecular complexity index is 1080. The Balaban J connectivity index is 1.60. The van der Waals surface area contributed by atoms with Gasteiger partial charge >= 0.3 is 0 Å². The molecule has 0 saturated heterocycles. The first kappa shape index (κ1) is 21.4. The molecular formula is C22H22ClN3O4. The molecule has 7 nitrogen and oxygen atoms in total. The molecule has 0 aliphatic carbocycles. The van der Waals surface area contributed by atoms with Crippen molar-refractivity contribution >= 4 is 17.5 Å². The van der Waals surface area contributed by atoms with Crippen molar-refractivity contribution in [1.82, 2.24) is 15.1 Å². The first-order valence-electron chi connectivity index (χ1n) is 9.32. The van der Waals surface area contributed by atoms with Crippen LogP contribution in [-0.2, 0) is 17.9 Å². The van der Waals surface area contributed by atoms with Crippen molar-refractivity contribution < 1.29 is 14.3 Å². The van der Waals surface area contributed by atoms with Gasteiger partial charge in [0, 0.05) is 29.6 Å². The SMILES string of the molecule is COc1ccc(CNC(=O)CCn2nc(-c3ccc(Cl)cc3)ccc2=O)cc1OC. The van der Waals surface area contributed by atoms with Crippen LogP contribution >= 0.6 is 11.6 Å². The number of hydrogen-bond donors (Lipinski definition) is 1. The quantitative estimate of drug-likeness (QED) is 0.596. The molecule has 30 heavy (non-hydrogen) atoms. The third kappa shape index (κ3) is 5.39. The molecule has 0 radical (unpaired) electrons. The van der Waals surface area contributed by atoms with Crippen LogP contribution in [0.1, 0.15) is 12.0 Å². The summed E-state index contributed by atoms with van der Waals surface area (Å²) in [4.78, 5) is 24.3. The van der Waals surface area contributed by atoms with Gasteiger partial charge in [-0.2, -0.15) is 5.10 Å². The number of aryl methyl sites for hydroxylation is 1. The second-order valence-electron chi connectivity index (χ2n) is 6.50. The monoisotopic (exact) mass is 427 g/mol. The van der Waals surface area contributed by atoms with Gasteiger partial charge in [0.1, 0.15) is 0 Å². The van der Waals surface area contributed by atoms with Crippen LogP contribution in [0.15, 0.2) is 59.4 Å². The number of rotatable bonds is 8. The molecule has 0 aliphatic rings. The van der Waals surface area contributed by atoms with Crippen LogP contribution in [0.5, 0.6) is 11.5 Å². The van der Waals surface area contributed by atoms with Gasteiger partial charge < -0.3 is 14.8 Å². The summed E-state index contributed by atoms with van der Waals surface area (Å²) in [6.07, 6.45) is 0.129. The first-order chi connectivity index (χ1) is 14.5. The van der Waals surface area contributed by atoms with Gasteiger partial charge in [0.05, 0.1) is 26.5 Å². The highest BCUT2D eigenvalue weighted by Crippen LogP contribution is 2.27. The fourth-order valence-electron chi connectivity index (χ4n) is 2.87. The number of carbonyl (C=O) groups excluding carboxylic acids is 1. The number of carbonyl (C=O) groups is 1. The molecule has 0 bridgehead atoms. The molecule has 0 atom stereocenters. The molecule has 1 N–H and O–H groups in total. The third-order valence-corrected chi connectivity index (χ3v) is 4.75. The van der Waals surface area contributed by atoms with E-state index in [1.807, 2.05) is 18.2 Å². The zero-order chi connectivity index (χ0) is 21.5. The maximum absolute atomic E-state index is 12.2. The predicted octanol–water partition coefficient (Wildman–Crippen LogP) is 3.29. The lowest BCUT2D eigenvalue weighted by atomic mass is 10.1. The summed E-state index contributed by atoms with van der Waals surface area (Å²) in [6, 6.07) is 15.7. The lowest BCUT2D eigenvalue weighted by Crippen LogP contribution is -2.28. The number of aromatic nitrogens is 2. The van der Waals surface area contributed by atoms with Crippen molar-refractivity contribution in [2.24, 2.45) is 0 Å². The molecule has 1 heterocycles. The Kier molecular flexibility index (Phi) is 7.08. The van der Waals surface area contributed by atoms with E-state index in [1.165, 1.54) is 10.7 Å². The van der Waals surface area contributed by atoms with E-state index in [2.05, 4.69) is 10.4 Å². The molecule has 8 heteroatoms. The van der Waals surface area contributed by atoms with Crippen LogP contribution in [-0.4, -0.2) is 29.9 Å². The molecule has 1 aromatic heterocycles. The average molecular weight is 428 g/mol. The van der Waals surface area contributed by atoms with Gasteiger partial charge in [0.2, 0.25) is 5.91 Å². The van der Waals surface area contributed by atoms with E-state index >= 15 is 0 Å². The van der Waals surface area contributed by atoms with Crippen molar-refractivity contribution in [3.63, 3.8) is 0 Å². The largest absolute Gasteiger partial charge is 0.493 e. The predicted molar refractivity (Wildman–Crippen MR) is 115 cm³/mol. The van der Waals surface area contributed by atoms with Gasteiger partial charge in [-0.1, -0.05) is 29.8 Å². The second-order valence-corrected chi connectivity index (χ2v) is 6.94. The van der Waals surface area contributed by atoms with Crippen LogP contribution in [0.25, 0.3) is 11.3 Å². The highest BCUT2D eigenvalue weighted by atomic mass is 35.5. The number of nitrogens with zero attached hydrogens (tertiary/aromatic N) is 2. The Hall–Kier alpha value is -3.32. The van der Waals surface area contributed by atoms with E-state index in [1.54, 1.807) is 44.6 Å². The Morgan fingerprint density at radius 1 is 1.03 bits per heavy atom. The van der Waals surface area contributed by atoms with Crippen LogP contribution in [0.4, 0.5) is 0 Å². The van der Waals surface area contributed by atoms with Crippen molar-refractivity contribution in [3.05, 3.63) is 75.5 Å². The molecule has 0 spiro atoms. The van der Waals surface area contributed by atoms with E-state index in [-0.39, 0.29) is 24.4 Å². The molecule has 0 aliphatic heterocycles. The minimum absolute atomic E-state index is 0.129. The van der Waals surface area contributed by atoms with Crippen LogP contribution in [0, 0.1) is 0 Å². The molecule has 1 amide bonds. The summed E-state index contributed by atoms with van der Waals surface area (Å²) in [7, 11) is 3.13. The molecule has 0 unspecified atom stereocenters. The van der Waals surface area contributed by atoms with E-state index < -0.39 is 0 Å². The van der Waals surface area contributed by atoms with E-state index in [4.69, 9.17) is 21.1 Å². The summed E-state index contributed by atoms with van der Waals surface area (Å²) in [6.45, 7) is 0.518. The lowest BCUT2D eigenvalue weighted by Gasteiger charge is -2.11. The maximum atomic E-state index is 12.2. The smallest absolute Gasteiger partial charge is 0.266 e. The number of ether oxygens (including phenoxy) is 2. The van der Waals surface area contributed by atoms with E-state index in [0.717, 1.165) is 11.1 Å². The Labute approximate surface area is 179 Å². The summed E-state index contributed by atoms with van der Waals surface area (Å²) in [5, 5.41) is 7.82. The number of benzene rings is 2. The van der Waals surface area contributed by atoms with Gasteiger partial charge in [0.15, 0.2) is 11.5 Å². The number of halogens is 1. The number of methoxy groups -OCH3 is 2. The molecule has 0 fully saturated rings. The third-order valence-electron chi connectivity index (χ3n) is 4.49. The van der Waals surface area contributed by atoms with Gasteiger partial charge in [-0.05, 0) is 35.9 Å². The summed E-state index contributed by atoms with van der Waals surface area (Å²) in [5.74, 6) is 1.04. The fourth-order valence-corrected chi connectivity index (χ4v) is 3.00. The van der Waals surface area contributed by atoms with Crippen LogP contribution < -0.4 is 20.3 Å². The zero-order valence-corrected chi connectivity index (χ0v) is 17.5. The summed E-state index contributed by atoms with van der Waals surface area (Å²) < 4.78 is 11.8. The fraction of sp³-hybridized carbons (Fsp3) is 0.227. The highest BCUT2D eigenvalue weighted by Gasteiger charge is 2.08. The normalized spacial score (nSPS) is 10.5.